The van der Waals surface area contributed by atoms with Crippen LogP contribution >= 0.6 is 15.9 Å². The molecule has 3 heterocycles. The monoisotopic (exact) mass is 268 g/mol. The lowest BCUT2D eigenvalue weighted by atomic mass is 10.3. The van der Waals surface area contributed by atoms with Gasteiger partial charge in [-0.25, -0.2) is 4.79 Å². The molecular formula is C9H9BrN4O. The third-order valence-corrected chi connectivity index (χ3v) is 3.32. The number of hydrogen-bond acceptors (Lipinski definition) is 3. The number of nitrogens with zero attached hydrogens (tertiary/aromatic N) is 3. The molecule has 0 bridgehead atoms. The molecule has 0 unspecified atom stereocenters. The van der Waals surface area contributed by atoms with Gasteiger partial charge in [0.15, 0.2) is 5.82 Å². The Hall–Kier alpha value is -1.30. The Kier molecular flexibility index (Phi) is 1.70. The van der Waals surface area contributed by atoms with Crippen LogP contribution < -0.4 is 10.6 Å². The second-order valence-electron chi connectivity index (χ2n) is 3.68. The molecule has 3 rings (SSSR count). The van der Waals surface area contributed by atoms with Gasteiger partial charge in [-0.15, -0.1) is 0 Å². The number of nitrogens with one attached hydrogen (secondary N) is 1. The van der Waals surface area contributed by atoms with E-state index in [0.717, 1.165) is 34.4 Å². The van der Waals surface area contributed by atoms with Gasteiger partial charge in [0.25, 0.3) is 0 Å². The van der Waals surface area contributed by atoms with Gasteiger partial charge in [-0.05, 0) is 15.9 Å². The fourth-order valence-corrected chi connectivity index (χ4v) is 2.51. The molecule has 78 valence electrons. The summed E-state index contributed by atoms with van der Waals surface area (Å²) in [6.45, 7) is 1.79. The van der Waals surface area contributed by atoms with Gasteiger partial charge in [0.2, 0.25) is 0 Å². The molecule has 1 N–H and O–H groups in total. The van der Waals surface area contributed by atoms with Crippen molar-refractivity contribution >= 4 is 32.8 Å². The molecule has 0 amide bonds. The predicted molar refractivity (Wildman–Crippen MR) is 61.3 cm³/mol. The largest absolute Gasteiger partial charge is 0.356 e. The van der Waals surface area contributed by atoms with Gasteiger partial charge in [0.1, 0.15) is 5.52 Å². The van der Waals surface area contributed by atoms with Crippen molar-refractivity contribution in [2.75, 3.05) is 18.5 Å². The maximum atomic E-state index is 11.4. The molecule has 5 nitrogen and oxygen atoms in total. The molecule has 15 heavy (non-hydrogen) atoms. The summed E-state index contributed by atoms with van der Waals surface area (Å²) in [4.78, 5) is 20.1. The Labute approximate surface area is 93.8 Å². The molecule has 1 aliphatic heterocycles. The molecule has 0 aliphatic carbocycles. The van der Waals surface area contributed by atoms with E-state index in [-0.39, 0.29) is 5.69 Å². The van der Waals surface area contributed by atoms with Crippen LogP contribution in [0.1, 0.15) is 0 Å². The number of halogens is 1. The maximum absolute atomic E-state index is 11.4. The highest BCUT2D eigenvalue weighted by Gasteiger charge is 2.20. The summed E-state index contributed by atoms with van der Waals surface area (Å²) in [7, 11) is 1.95. The van der Waals surface area contributed by atoms with Crippen molar-refractivity contribution in [1.82, 2.24) is 14.5 Å². The summed E-state index contributed by atoms with van der Waals surface area (Å²) in [5.41, 5.74) is 1.52. The highest BCUT2D eigenvalue weighted by Crippen LogP contribution is 2.31. The number of aromatic amines is 1. The van der Waals surface area contributed by atoms with Gasteiger partial charge in [0.05, 0.1) is 9.99 Å². The zero-order valence-corrected chi connectivity index (χ0v) is 9.71. The number of aromatic nitrogens is 3. The Bertz CT molecular complexity index is 600. The standard InChI is InChI=1S/C9H9BrN4O/c1-13-2-3-14-4-5(10)6-7(14)8(13)12-9(15)11-6/h4H,2-3H2,1H3,(H,11,12,15). The number of likely N-dealkylation sites (N-methyl/N-ethyl adjacent to an activating group) is 1. The van der Waals surface area contributed by atoms with Crippen LogP contribution in [0, 0.1) is 0 Å². The minimum atomic E-state index is -0.301. The smallest absolute Gasteiger partial charge is 0.347 e. The number of H-pyrrole nitrogens is 1. The summed E-state index contributed by atoms with van der Waals surface area (Å²) in [6, 6.07) is 0. The van der Waals surface area contributed by atoms with Crippen molar-refractivity contribution in [3.05, 3.63) is 21.2 Å². The number of anilines is 1. The number of rotatable bonds is 0. The Morgan fingerprint density at radius 2 is 2.33 bits per heavy atom. The van der Waals surface area contributed by atoms with Gasteiger partial charge in [-0.2, -0.15) is 4.98 Å². The van der Waals surface area contributed by atoms with Crippen LogP contribution in [0.3, 0.4) is 0 Å². The molecule has 0 atom stereocenters. The normalized spacial score (nSPS) is 14.9. The minimum absolute atomic E-state index is 0.301. The Balaban J connectivity index is 2.53. The first-order chi connectivity index (χ1) is 7.16. The summed E-state index contributed by atoms with van der Waals surface area (Å²) in [5.74, 6) is 0.755. The van der Waals surface area contributed by atoms with Crippen molar-refractivity contribution in [2.45, 2.75) is 6.54 Å². The van der Waals surface area contributed by atoms with Crippen LogP contribution in [0.5, 0.6) is 0 Å². The SMILES string of the molecule is CN1CCn2cc(Br)c3[nH]c(=O)nc1c32. The molecule has 2 aromatic heterocycles. The van der Waals surface area contributed by atoms with Crippen LogP contribution in [0.15, 0.2) is 15.5 Å². The van der Waals surface area contributed by atoms with E-state index in [2.05, 4.69) is 30.5 Å². The lowest BCUT2D eigenvalue weighted by Gasteiger charge is -2.24. The highest BCUT2D eigenvalue weighted by molar-refractivity contribution is 9.10. The topological polar surface area (TPSA) is 53.9 Å². The Morgan fingerprint density at radius 3 is 3.13 bits per heavy atom. The molecule has 2 aromatic rings. The first-order valence-electron chi connectivity index (χ1n) is 4.66. The van der Waals surface area contributed by atoms with E-state index >= 15 is 0 Å². The molecular weight excluding hydrogens is 260 g/mol. The lowest BCUT2D eigenvalue weighted by Crippen LogP contribution is -2.30. The summed E-state index contributed by atoms with van der Waals surface area (Å²) in [5, 5.41) is 0. The Morgan fingerprint density at radius 1 is 1.53 bits per heavy atom. The van der Waals surface area contributed by atoms with Gasteiger partial charge < -0.3 is 14.5 Å². The fraction of sp³-hybridized carbons (Fsp3) is 0.333. The van der Waals surface area contributed by atoms with Crippen molar-refractivity contribution in [3.63, 3.8) is 0 Å². The average molecular weight is 269 g/mol. The van der Waals surface area contributed by atoms with E-state index in [0.29, 0.717) is 0 Å². The van der Waals surface area contributed by atoms with E-state index in [1.165, 1.54) is 0 Å². The second-order valence-corrected chi connectivity index (χ2v) is 4.54. The van der Waals surface area contributed by atoms with E-state index < -0.39 is 0 Å². The second kappa shape index (κ2) is 2.85. The fourth-order valence-electron chi connectivity index (χ4n) is 1.97. The zero-order valence-electron chi connectivity index (χ0n) is 8.12. The first-order valence-corrected chi connectivity index (χ1v) is 5.46. The van der Waals surface area contributed by atoms with Crippen molar-refractivity contribution in [1.29, 1.82) is 0 Å². The van der Waals surface area contributed by atoms with Crippen molar-refractivity contribution in [2.24, 2.45) is 0 Å². The molecule has 0 saturated heterocycles. The highest BCUT2D eigenvalue weighted by atomic mass is 79.9. The summed E-state index contributed by atoms with van der Waals surface area (Å²) >= 11 is 3.44. The van der Waals surface area contributed by atoms with Crippen LogP contribution in [0.25, 0.3) is 11.0 Å². The summed E-state index contributed by atoms with van der Waals surface area (Å²) in [6.07, 6.45) is 1.98. The van der Waals surface area contributed by atoms with E-state index in [4.69, 9.17) is 0 Å². The quantitative estimate of drug-likeness (QED) is 0.774. The van der Waals surface area contributed by atoms with Crippen molar-refractivity contribution in [3.8, 4) is 0 Å². The van der Waals surface area contributed by atoms with Gasteiger partial charge in [-0.1, -0.05) is 0 Å². The van der Waals surface area contributed by atoms with Crippen LogP contribution in [0.2, 0.25) is 0 Å². The zero-order chi connectivity index (χ0) is 10.6. The lowest BCUT2D eigenvalue weighted by molar-refractivity contribution is 0.675. The summed E-state index contributed by atoms with van der Waals surface area (Å²) < 4.78 is 3.02. The maximum Gasteiger partial charge on any atom is 0.347 e. The first kappa shape index (κ1) is 8.96. The molecule has 0 saturated carbocycles. The van der Waals surface area contributed by atoms with Gasteiger partial charge >= 0.3 is 5.69 Å². The third kappa shape index (κ3) is 1.14. The molecule has 0 spiro atoms. The number of hydrogen-bond donors (Lipinski definition) is 1. The van der Waals surface area contributed by atoms with E-state index in [9.17, 15) is 4.79 Å². The van der Waals surface area contributed by atoms with Crippen LogP contribution in [-0.4, -0.2) is 28.1 Å². The molecule has 0 radical (unpaired) electrons. The molecule has 0 fully saturated rings. The average Bonchev–Trinajstić information content (AvgIpc) is 2.51. The van der Waals surface area contributed by atoms with Gasteiger partial charge in [0, 0.05) is 26.3 Å². The molecule has 6 heteroatoms. The van der Waals surface area contributed by atoms with E-state index in [1.807, 2.05) is 18.1 Å². The van der Waals surface area contributed by atoms with Crippen molar-refractivity contribution < 1.29 is 0 Å². The molecule has 0 aromatic carbocycles. The van der Waals surface area contributed by atoms with Crippen LogP contribution in [0.4, 0.5) is 5.82 Å². The van der Waals surface area contributed by atoms with Gasteiger partial charge in [-0.3, -0.25) is 0 Å². The van der Waals surface area contributed by atoms with Crippen LogP contribution in [-0.2, 0) is 6.54 Å². The molecule has 1 aliphatic rings. The predicted octanol–water partition coefficient (Wildman–Crippen LogP) is 0.937. The van der Waals surface area contributed by atoms with E-state index in [1.54, 1.807) is 0 Å². The third-order valence-electron chi connectivity index (χ3n) is 2.72. The minimum Gasteiger partial charge on any atom is -0.356 e.